The van der Waals surface area contributed by atoms with Gasteiger partial charge in [0.2, 0.25) is 0 Å². The molecule has 19 heavy (non-hydrogen) atoms. The number of methoxy groups -OCH3 is 1. The summed E-state index contributed by atoms with van der Waals surface area (Å²) in [5.74, 6) is 1.14. The summed E-state index contributed by atoms with van der Waals surface area (Å²) in [5.41, 5.74) is 0.745. The highest BCUT2D eigenvalue weighted by Crippen LogP contribution is 2.23. The first-order valence-electron chi connectivity index (χ1n) is 5.78. The molecular weight excluding hydrogens is 268 g/mol. The zero-order valence-electron chi connectivity index (χ0n) is 11.2. The predicted molar refractivity (Wildman–Crippen MR) is 74.9 cm³/mol. The van der Waals surface area contributed by atoms with E-state index < -0.39 is 15.7 Å². The van der Waals surface area contributed by atoms with Crippen LogP contribution in [0.3, 0.4) is 0 Å². The normalized spacial score (nSPS) is 13.8. The standard InChI is InChI=1S/C12H18N2O4S/c1-9(8-19(3)17)13-7-10-6-11(14(15)16)4-5-12(10)18-2/h4-6,9,13H,7-8H2,1-3H3. The van der Waals surface area contributed by atoms with Crippen LogP contribution in [0.2, 0.25) is 0 Å². The van der Waals surface area contributed by atoms with Gasteiger partial charge < -0.3 is 10.1 Å². The minimum Gasteiger partial charge on any atom is -0.496 e. The summed E-state index contributed by atoms with van der Waals surface area (Å²) < 4.78 is 16.3. The maximum Gasteiger partial charge on any atom is 0.270 e. The van der Waals surface area contributed by atoms with Crippen molar-refractivity contribution in [2.45, 2.75) is 19.5 Å². The van der Waals surface area contributed by atoms with Crippen LogP contribution in [0.15, 0.2) is 18.2 Å². The molecule has 0 aliphatic heterocycles. The van der Waals surface area contributed by atoms with Gasteiger partial charge in [0.05, 0.1) is 12.0 Å². The lowest BCUT2D eigenvalue weighted by Crippen LogP contribution is -2.30. The third-order valence-electron chi connectivity index (χ3n) is 2.60. The van der Waals surface area contributed by atoms with E-state index in [0.29, 0.717) is 23.6 Å². The first kappa shape index (κ1) is 15.6. The Morgan fingerprint density at radius 3 is 2.74 bits per heavy atom. The van der Waals surface area contributed by atoms with Crippen LogP contribution in [0, 0.1) is 10.1 Å². The number of nitrogens with one attached hydrogen (secondary N) is 1. The van der Waals surface area contributed by atoms with Crippen molar-refractivity contribution < 1.29 is 13.9 Å². The van der Waals surface area contributed by atoms with E-state index in [0.717, 1.165) is 0 Å². The second-order valence-corrected chi connectivity index (χ2v) is 5.75. The van der Waals surface area contributed by atoms with Gasteiger partial charge in [0.25, 0.3) is 5.69 Å². The molecule has 0 aliphatic rings. The van der Waals surface area contributed by atoms with E-state index in [1.54, 1.807) is 12.3 Å². The zero-order chi connectivity index (χ0) is 14.4. The van der Waals surface area contributed by atoms with E-state index in [1.807, 2.05) is 6.92 Å². The van der Waals surface area contributed by atoms with Crippen LogP contribution in [-0.4, -0.2) is 34.3 Å². The van der Waals surface area contributed by atoms with E-state index in [1.165, 1.54) is 19.2 Å². The van der Waals surface area contributed by atoms with Gasteiger partial charge in [0.15, 0.2) is 0 Å². The van der Waals surface area contributed by atoms with Gasteiger partial charge >= 0.3 is 0 Å². The number of nitrogens with zero attached hydrogens (tertiary/aromatic N) is 1. The molecule has 0 saturated heterocycles. The van der Waals surface area contributed by atoms with Crippen LogP contribution in [0.1, 0.15) is 12.5 Å². The third kappa shape index (κ3) is 4.96. The highest BCUT2D eigenvalue weighted by Gasteiger charge is 2.12. The molecule has 0 saturated carbocycles. The molecule has 1 aromatic carbocycles. The lowest BCUT2D eigenvalue weighted by Gasteiger charge is -2.14. The average Bonchev–Trinajstić information content (AvgIpc) is 2.35. The van der Waals surface area contributed by atoms with Crippen molar-refractivity contribution in [3.8, 4) is 5.75 Å². The number of benzene rings is 1. The number of hydrogen-bond acceptors (Lipinski definition) is 5. The molecule has 0 aliphatic carbocycles. The molecule has 7 heteroatoms. The smallest absolute Gasteiger partial charge is 0.270 e. The van der Waals surface area contributed by atoms with Gasteiger partial charge in [-0.25, -0.2) is 0 Å². The Morgan fingerprint density at radius 1 is 1.53 bits per heavy atom. The van der Waals surface area contributed by atoms with Gasteiger partial charge in [-0.05, 0) is 13.0 Å². The Hall–Kier alpha value is -1.47. The highest BCUT2D eigenvalue weighted by molar-refractivity contribution is 7.84. The molecule has 2 unspecified atom stereocenters. The Bertz CT molecular complexity index is 479. The minimum atomic E-state index is -0.874. The zero-order valence-corrected chi connectivity index (χ0v) is 12.0. The van der Waals surface area contributed by atoms with Crippen LogP contribution < -0.4 is 10.1 Å². The molecule has 0 spiro atoms. The summed E-state index contributed by atoms with van der Waals surface area (Å²) in [6.45, 7) is 2.36. The summed E-state index contributed by atoms with van der Waals surface area (Å²) >= 11 is 0. The van der Waals surface area contributed by atoms with Crippen LogP contribution in [0.25, 0.3) is 0 Å². The molecular formula is C12H18N2O4S. The highest BCUT2D eigenvalue weighted by atomic mass is 32.2. The monoisotopic (exact) mass is 286 g/mol. The molecule has 106 valence electrons. The lowest BCUT2D eigenvalue weighted by molar-refractivity contribution is -0.384. The largest absolute Gasteiger partial charge is 0.496 e. The molecule has 6 nitrogen and oxygen atoms in total. The number of nitro groups is 1. The van der Waals surface area contributed by atoms with Gasteiger partial charge in [0.1, 0.15) is 5.75 Å². The van der Waals surface area contributed by atoms with Gasteiger partial charge in [-0.2, -0.15) is 0 Å². The fourth-order valence-electron chi connectivity index (χ4n) is 1.71. The topological polar surface area (TPSA) is 81.5 Å². The molecule has 1 rings (SSSR count). The maximum absolute atomic E-state index is 11.1. The van der Waals surface area contributed by atoms with Crippen molar-refractivity contribution in [1.29, 1.82) is 0 Å². The lowest BCUT2D eigenvalue weighted by atomic mass is 10.1. The molecule has 0 bridgehead atoms. The predicted octanol–water partition coefficient (Wildman–Crippen LogP) is 1.46. The second kappa shape index (κ2) is 7.20. The van der Waals surface area contributed by atoms with Crippen molar-refractivity contribution in [3.05, 3.63) is 33.9 Å². The van der Waals surface area contributed by atoms with Crippen LogP contribution >= 0.6 is 0 Å². The van der Waals surface area contributed by atoms with E-state index in [4.69, 9.17) is 4.74 Å². The number of rotatable bonds is 7. The number of non-ortho nitro benzene ring substituents is 1. The fraction of sp³-hybridized carbons (Fsp3) is 0.500. The quantitative estimate of drug-likeness (QED) is 0.606. The molecule has 0 fully saturated rings. The average molecular weight is 286 g/mol. The Labute approximate surface area is 114 Å². The molecule has 0 amide bonds. The first-order valence-corrected chi connectivity index (χ1v) is 7.51. The van der Waals surface area contributed by atoms with E-state index >= 15 is 0 Å². The van der Waals surface area contributed by atoms with Crippen LogP contribution in [-0.2, 0) is 17.3 Å². The van der Waals surface area contributed by atoms with Crippen molar-refractivity contribution >= 4 is 16.5 Å². The van der Waals surface area contributed by atoms with Gasteiger partial charge in [-0.3, -0.25) is 14.3 Å². The first-order chi connectivity index (χ1) is 8.93. The van der Waals surface area contributed by atoms with Gasteiger partial charge in [0, 0.05) is 53.1 Å². The van der Waals surface area contributed by atoms with Gasteiger partial charge in [-0.1, -0.05) is 0 Å². The molecule has 0 heterocycles. The molecule has 1 N–H and O–H groups in total. The Balaban J connectivity index is 2.77. The van der Waals surface area contributed by atoms with E-state index in [9.17, 15) is 14.3 Å². The van der Waals surface area contributed by atoms with Crippen molar-refractivity contribution in [3.63, 3.8) is 0 Å². The summed E-state index contributed by atoms with van der Waals surface area (Å²) in [4.78, 5) is 10.3. The summed E-state index contributed by atoms with van der Waals surface area (Å²) in [5, 5.41) is 13.9. The second-order valence-electron chi connectivity index (χ2n) is 4.28. The Morgan fingerprint density at radius 2 is 2.21 bits per heavy atom. The molecule has 2 atom stereocenters. The Kier molecular flexibility index (Phi) is 5.91. The maximum atomic E-state index is 11.1. The van der Waals surface area contributed by atoms with Crippen molar-refractivity contribution in [1.82, 2.24) is 5.32 Å². The third-order valence-corrected chi connectivity index (χ3v) is 3.57. The van der Waals surface area contributed by atoms with E-state index in [2.05, 4.69) is 5.32 Å². The summed E-state index contributed by atoms with van der Waals surface area (Å²) in [6, 6.07) is 4.54. The number of hydrogen-bond donors (Lipinski definition) is 1. The van der Waals surface area contributed by atoms with Gasteiger partial charge in [-0.15, -0.1) is 0 Å². The number of nitro benzene ring substituents is 1. The molecule has 1 aromatic rings. The number of ether oxygens (including phenoxy) is 1. The van der Waals surface area contributed by atoms with Crippen molar-refractivity contribution in [2.24, 2.45) is 0 Å². The van der Waals surface area contributed by atoms with Crippen LogP contribution in [0.5, 0.6) is 5.75 Å². The SMILES string of the molecule is COc1ccc([N+](=O)[O-])cc1CNC(C)CS(C)=O. The summed E-state index contributed by atoms with van der Waals surface area (Å²) in [6.07, 6.45) is 1.64. The summed E-state index contributed by atoms with van der Waals surface area (Å²) in [7, 11) is 0.649. The molecule has 0 aromatic heterocycles. The fourth-order valence-corrected chi connectivity index (χ4v) is 2.53. The van der Waals surface area contributed by atoms with Crippen LogP contribution in [0.4, 0.5) is 5.69 Å². The van der Waals surface area contributed by atoms with Crippen molar-refractivity contribution in [2.75, 3.05) is 19.1 Å². The minimum absolute atomic E-state index is 0.0318. The molecule has 0 radical (unpaired) electrons. The van der Waals surface area contributed by atoms with E-state index in [-0.39, 0.29) is 11.7 Å².